The van der Waals surface area contributed by atoms with E-state index in [2.05, 4.69) is 31.3 Å². The minimum absolute atomic E-state index is 0.207. The lowest BCUT2D eigenvalue weighted by Gasteiger charge is -2.25. The zero-order chi connectivity index (χ0) is 10.2. The molecule has 1 aromatic rings. The zero-order valence-electron chi connectivity index (χ0n) is 8.73. The molecule has 1 aromatic carbocycles. The van der Waals surface area contributed by atoms with Crippen molar-refractivity contribution in [1.29, 1.82) is 0 Å². The average molecular weight is 210 g/mol. The second-order valence-corrected chi connectivity index (χ2v) is 5.10. The Balaban J connectivity index is 2.37. The number of nitrogens with one attached hydrogen (secondary N) is 1. The fourth-order valence-electron chi connectivity index (χ4n) is 2.04. The second-order valence-electron chi connectivity index (χ2n) is 4.66. The number of aryl methyl sites for hydroxylation is 1. The van der Waals surface area contributed by atoms with Gasteiger partial charge in [-0.15, -0.1) is 0 Å². The van der Waals surface area contributed by atoms with Crippen molar-refractivity contribution in [3.63, 3.8) is 0 Å². The highest BCUT2D eigenvalue weighted by Crippen LogP contribution is 2.30. The first kappa shape index (κ1) is 9.85. The molecule has 2 rings (SSSR count). The van der Waals surface area contributed by atoms with E-state index >= 15 is 0 Å². The first-order valence-corrected chi connectivity index (χ1v) is 5.51. The van der Waals surface area contributed by atoms with Gasteiger partial charge in [0.1, 0.15) is 0 Å². The summed E-state index contributed by atoms with van der Waals surface area (Å²) in [5.74, 6) is 0. The lowest BCUT2D eigenvalue weighted by atomic mass is 9.99. The molecule has 14 heavy (non-hydrogen) atoms. The van der Waals surface area contributed by atoms with E-state index < -0.39 is 0 Å². The van der Waals surface area contributed by atoms with Crippen LogP contribution in [-0.2, 0) is 6.42 Å². The summed E-state index contributed by atoms with van der Waals surface area (Å²) < 4.78 is 0. The Morgan fingerprint density at radius 1 is 1.36 bits per heavy atom. The molecular weight excluding hydrogens is 194 g/mol. The predicted molar refractivity (Wildman–Crippen MR) is 62.1 cm³/mol. The van der Waals surface area contributed by atoms with Crippen LogP contribution in [0.4, 0.5) is 5.69 Å². The van der Waals surface area contributed by atoms with Crippen molar-refractivity contribution < 1.29 is 0 Å². The highest BCUT2D eigenvalue weighted by atomic mass is 35.5. The molecule has 0 fully saturated rings. The van der Waals surface area contributed by atoms with Gasteiger partial charge in [0.15, 0.2) is 0 Å². The first-order chi connectivity index (χ1) is 6.57. The van der Waals surface area contributed by atoms with Crippen LogP contribution in [0.2, 0.25) is 5.02 Å². The third-order valence-corrected chi connectivity index (χ3v) is 3.02. The van der Waals surface area contributed by atoms with Crippen molar-refractivity contribution in [3.8, 4) is 0 Å². The van der Waals surface area contributed by atoms with Crippen LogP contribution in [-0.4, -0.2) is 5.54 Å². The van der Waals surface area contributed by atoms with Gasteiger partial charge in [-0.05, 0) is 56.9 Å². The summed E-state index contributed by atoms with van der Waals surface area (Å²) in [5.41, 5.74) is 2.80. The number of rotatable bonds is 0. The van der Waals surface area contributed by atoms with Gasteiger partial charge in [-0.25, -0.2) is 0 Å². The van der Waals surface area contributed by atoms with Gasteiger partial charge in [0.25, 0.3) is 0 Å². The van der Waals surface area contributed by atoms with Gasteiger partial charge < -0.3 is 5.32 Å². The fourth-order valence-corrected chi connectivity index (χ4v) is 2.23. The molecular formula is C12H16ClN. The van der Waals surface area contributed by atoms with E-state index in [9.17, 15) is 0 Å². The molecule has 1 N–H and O–H groups in total. The number of benzene rings is 1. The molecule has 0 atom stereocenters. The van der Waals surface area contributed by atoms with Crippen molar-refractivity contribution >= 4 is 17.3 Å². The number of hydrogen-bond donors (Lipinski definition) is 1. The monoisotopic (exact) mass is 209 g/mol. The molecule has 0 bridgehead atoms. The van der Waals surface area contributed by atoms with Crippen molar-refractivity contribution in [3.05, 3.63) is 28.8 Å². The molecule has 1 aliphatic rings. The van der Waals surface area contributed by atoms with Crippen LogP contribution in [0, 0.1) is 0 Å². The molecule has 1 nitrogen and oxygen atoms in total. The molecule has 0 amide bonds. The van der Waals surface area contributed by atoms with Gasteiger partial charge in [0.2, 0.25) is 0 Å². The van der Waals surface area contributed by atoms with E-state index in [1.54, 1.807) is 0 Å². The van der Waals surface area contributed by atoms with Gasteiger partial charge in [-0.3, -0.25) is 0 Å². The predicted octanol–water partition coefficient (Wildman–Crippen LogP) is 3.87. The van der Waals surface area contributed by atoms with Crippen molar-refractivity contribution in [2.75, 3.05) is 5.32 Å². The highest BCUT2D eigenvalue weighted by molar-refractivity contribution is 6.30. The molecule has 1 heterocycles. The highest BCUT2D eigenvalue weighted by Gasteiger charge is 2.21. The molecule has 0 spiro atoms. The van der Waals surface area contributed by atoms with Gasteiger partial charge in [0.05, 0.1) is 0 Å². The first-order valence-electron chi connectivity index (χ1n) is 5.13. The maximum atomic E-state index is 5.97. The van der Waals surface area contributed by atoms with Crippen molar-refractivity contribution in [2.24, 2.45) is 0 Å². The molecule has 0 saturated heterocycles. The molecule has 0 aromatic heterocycles. The van der Waals surface area contributed by atoms with Gasteiger partial charge in [-0.2, -0.15) is 0 Å². The molecule has 76 valence electrons. The Hall–Kier alpha value is -0.690. The quantitative estimate of drug-likeness (QED) is 0.684. The van der Waals surface area contributed by atoms with Gasteiger partial charge in [-0.1, -0.05) is 11.6 Å². The maximum Gasteiger partial charge on any atom is 0.0410 e. The summed E-state index contributed by atoms with van der Waals surface area (Å²) in [6.07, 6.45) is 3.57. The van der Waals surface area contributed by atoms with Crippen molar-refractivity contribution in [1.82, 2.24) is 0 Å². The van der Waals surface area contributed by atoms with Gasteiger partial charge in [0, 0.05) is 16.2 Å². The van der Waals surface area contributed by atoms with E-state index in [0.717, 1.165) is 11.4 Å². The van der Waals surface area contributed by atoms with Crippen LogP contribution in [0.1, 0.15) is 32.3 Å². The van der Waals surface area contributed by atoms with Crippen LogP contribution in [0.25, 0.3) is 0 Å². The van der Waals surface area contributed by atoms with Crippen LogP contribution in [0.3, 0.4) is 0 Å². The minimum atomic E-state index is 0.207. The number of hydrogen-bond acceptors (Lipinski definition) is 1. The summed E-state index contributed by atoms with van der Waals surface area (Å²) in [6, 6.07) is 6.12. The molecule has 0 unspecified atom stereocenters. The van der Waals surface area contributed by atoms with E-state index in [1.807, 2.05) is 6.07 Å². The third-order valence-electron chi connectivity index (χ3n) is 2.79. The standard InChI is InChI=1S/C12H16ClN/c1-12(2)7-3-4-9-8-10(13)5-6-11(9)14-12/h5-6,8,14H,3-4,7H2,1-2H3. The van der Waals surface area contributed by atoms with E-state index in [0.29, 0.717) is 0 Å². The van der Waals surface area contributed by atoms with Crippen LogP contribution in [0.15, 0.2) is 18.2 Å². The molecule has 0 saturated carbocycles. The van der Waals surface area contributed by atoms with E-state index in [1.165, 1.54) is 24.1 Å². The molecule has 2 heteroatoms. The lowest BCUT2D eigenvalue weighted by molar-refractivity contribution is 0.508. The third kappa shape index (κ3) is 2.03. The van der Waals surface area contributed by atoms with Crippen LogP contribution < -0.4 is 5.32 Å². The maximum absolute atomic E-state index is 5.97. The summed E-state index contributed by atoms with van der Waals surface area (Å²) >= 11 is 5.97. The SMILES string of the molecule is CC1(C)CCCc2cc(Cl)ccc2N1. The average Bonchev–Trinajstić information content (AvgIpc) is 2.22. The lowest BCUT2D eigenvalue weighted by Crippen LogP contribution is -2.29. The van der Waals surface area contributed by atoms with E-state index in [-0.39, 0.29) is 5.54 Å². The summed E-state index contributed by atoms with van der Waals surface area (Å²) in [7, 11) is 0. The normalized spacial score (nSPS) is 19.4. The largest absolute Gasteiger partial charge is 0.380 e. The minimum Gasteiger partial charge on any atom is -0.380 e. The molecule has 0 radical (unpaired) electrons. The van der Waals surface area contributed by atoms with Crippen molar-refractivity contribution in [2.45, 2.75) is 38.6 Å². The molecule has 0 aliphatic carbocycles. The topological polar surface area (TPSA) is 12.0 Å². The smallest absolute Gasteiger partial charge is 0.0410 e. The Bertz CT molecular complexity index is 344. The Labute approximate surface area is 90.5 Å². The number of anilines is 1. The Kier molecular flexibility index (Phi) is 2.44. The van der Waals surface area contributed by atoms with Crippen LogP contribution in [0.5, 0.6) is 0 Å². The Morgan fingerprint density at radius 2 is 2.14 bits per heavy atom. The fraction of sp³-hybridized carbons (Fsp3) is 0.500. The zero-order valence-corrected chi connectivity index (χ0v) is 9.49. The summed E-state index contributed by atoms with van der Waals surface area (Å²) in [4.78, 5) is 0. The van der Waals surface area contributed by atoms with Crippen LogP contribution >= 0.6 is 11.6 Å². The number of halogens is 1. The second kappa shape index (κ2) is 3.47. The Morgan fingerprint density at radius 3 is 2.93 bits per heavy atom. The number of fused-ring (bicyclic) bond motifs is 1. The van der Waals surface area contributed by atoms with E-state index in [4.69, 9.17) is 11.6 Å². The summed E-state index contributed by atoms with van der Waals surface area (Å²) in [5, 5.41) is 4.41. The summed E-state index contributed by atoms with van der Waals surface area (Å²) in [6.45, 7) is 4.49. The molecule has 1 aliphatic heterocycles. The van der Waals surface area contributed by atoms with Gasteiger partial charge >= 0.3 is 0 Å².